The van der Waals surface area contributed by atoms with Gasteiger partial charge in [-0.3, -0.25) is 14.5 Å². The first-order valence-electron chi connectivity index (χ1n) is 9.10. The van der Waals surface area contributed by atoms with Gasteiger partial charge in [-0.1, -0.05) is 30.3 Å². The summed E-state index contributed by atoms with van der Waals surface area (Å²) in [5, 5.41) is 13.3. The first kappa shape index (κ1) is 19.4. The van der Waals surface area contributed by atoms with Crippen LogP contribution >= 0.6 is 11.8 Å². The van der Waals surface area contributed by atoms with Gasteiger partial charge in [-0.15, -0.1) is 16.7 Å². The Hall–Kier alpha value is -2.88. The molecule has 1 N–H and O–H groups in total. The Morgan fingerprint density at radius 1 is 1.21 bits per heavy atom. The topological polar surface area (TPSA) is 111 Å². The number of aliphatic carboxylic acids is 1. The highest BCUT2D eigenvalue weighted by Crippen LogP contribution is 2.49. The van der Waals surface area contributed by atoms with E-state index in [0.717, 1.165) is 0 Å². The number of hydrogen-bond donors (Lipinski definition) is 1. The van der Waals surface area contributed by atoms with E-state index in [1.165, 1.54) is 26.6 Å². The third-order valence-corrected chi connectivity index (χ3v) is 7.09. The molecule has 4 rings (SSSR count). The van der Waals surface area contributed by atoms with Crippen molar-refractivity contribution in [1.29, 1.82) is 0 Å². The van der Waals surface area contributed by atoms with E-state index in [1.54, 1.807) is 51.1 Å². The van der Waals surface area contributed by atoms with Crippen LogP contribution in [0.15, 0.2) is 46.9 Å². The van der Waals surface area contributed by atoms with Crippen LogP contribution in [0.5, 0.6) is 0 Å². The number of carbonyl (C=O) groups excluding carboxylic acids is 2. The Morgan fingerprint density at radius 2 is 1.86 bits per heavy atom. The number of nitrogens with zero attached hydrogens (tertiary/aromatic N) is 4. The Morgan fingerprint density at radius 3 is 2.45 bits per heavy atom. The van der Waals surface area contributed by atoms with E-state index >= 15 is 0 Å². The van der Waals surface area contributed by atoms with Crippen LogP contribution in [0.3, 0.4) is 0 Å². The minimum absolute atomic E-state index is 0.0237. The molecule has 152 valence electrons. The minimum Gasteiger partial charge on any atom is -0.477 e. The Kier molecular flexibility index (Phi) is 4.41. The summed E-state index contributed by atoms with van der Waals surface area (Å²) in [7, 11) is 0. The number of carboxylic acid groups (broad SMARTS) is 1. The van der Waals surface area contributed by atoms with Crippen molar-refractivity contribution in [1.82, 2.24) is 14.8 Å². The first-order valence-corrected chi connectivity index (χ1v) is 10.1. The Labute approximate surface area is 171 Å². The highest BCUT2D eigenvalue weighted by Gasteiger charge is 2.64. The standard InChI is InChI=1S/C19H20N4O5S/c1-10-9-29-17-14(15(24)21(17)12(10)18(26)27)22-16(25)13(11-7-5-4-6-8-11)23(20-28)19(22,2)3/h4-8,13-14,17H,9H2,1-3H3,(H,26,27)/t13?,14?,17-/m1/s1. The van der Waals surface area contributed by atoms with Crippen LogP contribution in [0.4, 0.5) is 0 Å². The molecule has 0 aromatic heterocycles. The number of nitroso groups, excluding NO2 is 1. The van der Waals surface area contributed by atoms with Crippen molar-refractivity contribution in [2.24, 2.45) is 5.29 Å². The molecule has 3 heterocycles. The molecule has 0 bridgehead atoms. The van der Waals surface area contributed by atoms with Gasteiger partial charge in [0.25, 0.3) is 11.8 Å². The number of fused-ring (bicyclic) bond motifs is 1. The highest BCUT2D eigenvalue weighted by molar-refractivity contribution is 8.00. The summed E-state index contributed by atoms with van der Waals surface area (Å²) in [4.78, 5) is 52.4. The van der Waals surface area contributed by atoms with Crippen molar-refractivity contribution in [2.45, 2.75) is 43.9 Å². The van der Waals surface area contributed by atoms with Crippen LogP contribution in [-0.2, 0) is 14.4 Å². The van der Waals surface area contributed by atoms with Crippen molar-refractivity contribution < 1.29 is 19.5 Å². The summed E-state index contributed by atoms with van der Waals surface area (Å²) in [6, 6.07) is 7.01. The summed E-state index contributed by atoms with van der Waals surface area (Å²) < 4.78 is 0. The maximum absolute atomic E-state index is 13.4. The molecule has 3 atom stereocenters. The predicted molar refractivity (Wildman–Crippen MR) is 105 cm³/mol. The smallest absolute Gasteiger partial charge is 0.352 e. The first-order chi connectivity index (χ1) is 13.7. The van der Waals surface area contributed by atoms with E-state index in [4.69, 9.17) is 0 Å². The fourth-order valence-corrected chi connectivity index (χ4v) is 5.67. The maximum atomic E-state index is 13.4. The van der Waals surface area contributed by atoms with E-state index in [0.29, 0.717) is 16.9 Å². The zero-order valence-electron chi connectivity index (χ0n) is 16.1. The monoisotopic (exact) mass is 416 g/mol. The minimum atomic E-state index is -1.16. The zero-order valence-corrected chi connectivity index (χ0v) is 16.9. The normalized spacial score (nSPS) is 28.4. The lowest BCUT2D eigenvalue weighted by Crippen LogP contribution is -2.73. The van der Waals surface area contributed by atoms with Crippen LogP contribution in [0.2, 0.25) is 0 Å². The fraction of sp³-hybridized carbons (Fsp3) is 0.421. The second-order valence-electron chi connectivity index (χ2n) is 7.73. The van der Waals surface area contributed by atoms with Gasteiger partial charge in [0, 0.05) is 5.75 Å². The number of carboxylic acids is 1. The van der Waals surface area contributed by atoms with Crippen molar-refractivity contribution in [2.75, 3.05) is 5.75 Å². The van der Waals surface area contributed by atoms with E-state index in [9.17, 15) is 24.4 Å². The number of benzene rings is 1. The molecule has 10 heteroatoms. The van der Waals surface area contributed by atoms with Crippen LogP contribution in [-0.4, -0.2) is 60.5 Å². The van der Waals surface area contributed by atoms with Gasteiger partial charge in [-0.25, -0.2) is 9.80 Å². The largest absolute Gasteiger partial charge is 0.477 e. The second kappa shape index (κ2) is 6.58. The lowest BCUT2D eigenvalue weighted by molar-refractivity contribution is -0.164. The van der Waals surface area contributed by atoms with E-state index in [1.807, 2.05) is 0 Å². The molecule has 1 aromatic rings. The van der Waals surface area contributed by atoms with E-state index in [-0.39, 0.29) is 5.70 Å². The van der Waals surface area contributed by atoms with Crippen molar-refractivity contribution in [3.8, 4) is 0 Å². The number of amides is 2. The quantitative estimate of drug-likeness (QED) is 0.590. The molecule has 2 unspecified atom stereocenters. The number of hydrogen-bond acceptors (Lipinski definition) is 6. The molecule has 1 aromatic carbocycles. The molecule has 29 heavy (non-hydrogen) atoms. The summed E-state index contributed by atoms with van der Waals surface area (Å²) in [5.74, 6) is -1.57. The molecule has 0 radical (unpaired) electrons. The third-order valence-electron chi connectivity index (χ3n) is 5.68. The zero-order chi connectivity index (χ0) is 21.1. The summed E-state index contributed by atoms with van der Waals surface area (Å²) >= 11 is 1.41. The lowest BCUT2D eigenvalue weighted by atomic mass is 9.98. The van der Waals surface area contributed by atoms with Gasteiger partial charge in [0.2, 0.25) is 0 Å². The van der Waals surface area contributed by atoms with Gasteiger partial charge < -0.3 is 10.0 Å². The molecule has 2 fully saturated rings. The molecule has 2 amide bonds. The number of β-lactam (4-membered cyclic amide) rings is 1. The molecule has 3 aliphatic heterocycles. The van der Waals surface area contributed by atoms with E-state index < -0.39 is 40.9 Å². The van der Waals surface area contributed by atoms with Crippen LogP contribution in [0, 0.1) is 4.91 Å². The van der Waals surface area contributed by atoms with Gasteiger partial charge in [0.15, 0.2) is 6.04 Å². The summed E-state index contributed by atoms with van der Waals surface area (Å²) in [6.45, 7) is 5.01. The van der Waals surface area contributed by atoms with Crippen LogP contribution in [0.1, 0.15) is 32.4 Å². The van der Waals surface area contributed by atoms with Crippen molar-refractivity contribution in [3.63, 3.8) is 0 Å². The Bertz CT molecular complexity index is 947. The lowest BCUT2D eigenvalue weighted by Gasteiger charge is -2.54. The fourth-order valence-electron chi connectivity index (χ4n) is 4.34. The van der Waals surface area contributed by atoms with Crippen molar-refractivity contribution >= 4 is 29.5 Å². The predicted octanol–water partition coefficient (Wildman–Crippen LogP) is 1.93. The van der Waals surface area contributed by atoms with E-state index in [2.05, 4.69) is 5.29 Å². The molecule has 0 spiro atoms. The summed E-state index contributed by atoms with van der Waals surface area (Å²) in [5.41, 5.74) is 0.0428. The molecular weight excluding hydrogens is 396 g/mol. The number of rotatable bonds is 4. The SMILES string of the molecule is CC1=C(C(=O)O)N2C(=O)C(N3C(=O)C(c4ccccc4)N(N=O)C3(C)C)[C@H]2SC1. The number of thioether (sulfide) groups is 1. The van der Waals surface area contributed by atoms with Crippen LogP contribution in [0.25, 0.3) is 0 Å². The average molecular weight is 416 g/mol. The van der Waals surface area contributed by atoms with Gasteiger partial charge in [0.05, 0.1) is 5.29 Å². The Balaban J connectivity index is 1.73. The maximum Gasteiger partial charge on any atom is 0.352 e. The van der Waals surface area contributed by atoms with Crippen molar-refractivity contribution in [3.05, 3.63) is 52.1 Å². The average Bonchev–Trinajstić information content (AvgIpc) is 2.88. The molecule has 0 saturated carbocycles. The number of carbonyl (C=O) groups is 3. The van der Waals surface area contributed by atoms with Gasteiger partial charge in [0.1, 0.15) is 22.8 Å². The highest BCUT2D eigenvalue weighted by atomic mass is 32.2. The molecular formula is C19H20N4O5S. The van der Waals surface area contributed by atoms with Gasteiger partial charge in [-0.05, 0) is 31.9 Å². The van der Waals surface area contributed by atoms with Gasteiger partial charge in [-0.2, -0.15) is 0 Å². The van der Waals surface area contributed by atoms with Crippen LogP contribution < -0.4 is 0 Å². The molecule has 0 aliphatic carbocycles. The third kappa shape index (κ3) is 2.58. The molecule has 3 aliphatic rings. The molecule has 9 nitrogen and oxygen atoms in total. The molecule has 2 saturated heterocycles. The second-order valence-corrected chi connectivity index (χ2v) is 8.84. The summed E-state index contributed by atoms with van der Waals surface area (Å²) in [6.07, 6.45) is 0. The van der Waals surface area contributed by atoms with Gasteiger partial charge >= 0.3 is 5.97 Å².